The van der Waals surface area contributed by atoms with Crippen LogP contribution in [0.1, 0.15) is 24.8 Å². The molecular formula is C20H19F2N3O2S. The normalized spacial score (nSPS) is 17.7. The highest BCUT2D eigenvalue weighted by atomic mass is 32.2. The summed E-state index contributed by atoms with van der Waals surface area (Å²) in [6.07, 6.45) is 5.58. The number of fused-ring (bicyclic) bond motifs is 1. The molecule has 28 heavy (non-hydrogen) atoms. The van der Waals surface area contributed by atoms with Gasteiger partial charge in [0.2, 0.25) is 5.95 Å². The van der Waals surface area contributed by atoms with Crippen LogP contribution in [0.2, 0.25) is 0 Å². The lowest BCUT2D eigenvalue weighted by atomic mass is 9.91. The molecule has 2 aromatic heterocycles. The molecule has 5 nitrogen and oxygen atoms in total. The number of benzene rings is 1. The third kappa shape index (κ3) is 3.02. The monoisotopic (exact) mass is 403 g/mol. The maximum absolute atomic E-state index is 15.5. The highest BCUT2D eigenvalue weighted by Gasteiger charge is 2.30. The van der Waals surface area contributed by atoms with Crippen molar-refractivity contribution in [2.75, 3.05) is 7.05 Å². The first-order chi connectivity index (χ1) is 13.4. The predicted molar refractivity (Wildman–Crippen MR) is 103 cm³/mol. The van der Waals surface area contributed by atoms with E-state index in [1.165, 1.54) is 24.4 Å². The summed E-state index contributed by atoms with van der Waals surface area (Å²) in [5.74, 6) is -1.60. The SMILES string of the molecule is CNC1CC=C(c2c(F)n(S(=O)(=O)c3cccc(F)c3)c3cccnc23)CC1. The summed E-state index contributed by atoms with van der Waals surface area (Å²) >= 11 is 0. The lowest BCUT2D eigenvalue weighted by Crippen LogP contribution is -2.26. The van der Waals surface area contributed by atoms with E-state index in [0.717, 1.165) is 30.5 Å². The van der Waals surface area contributed by atoms with Crippen LogP contribution in [0.5, 0.6) is 0 Å². The van der Waals surface area contributed by atoms with Gasteiger partial charge in [-0.05, 0) is 62.2 Å². The van der Waals surface area contributed by atoms with E-state index in [-0.39, 0.29) is 21.5 Å². The summed E-state index contributed by atoms with van der Waals surface area (Å²) in [6, 6.07) is 7.92. The van der Waals surface area contributed by atoms with Gasteiger partial charge in [0.1, 0.15) is 5.82 Å². The minimum atomic E-state index is -4.33. The second-order valence-corrected chi connectivity index (χ2v) is 8.54. The van der Waals surface area contributed by atoms with Crippen LogP contribution in [0.15, 0.2) is 53.6 Å². The number of rotatable bonds is 4. The van der Waals surface area contributed by atoms with Crippen LogP contribution in [-0.2, 0) is 10.0 Å². The first kappa shape index (κ1) is 18.8. The maximum atomic E-state index is 15.5. The second-order valence-electron chi connectivity index (χ2n) is 6.75. The van der Waals surface area contributed by atoms with E-state index in [9.17, 15) is 12.8 Å². The van der Waals surface area contributed by atoms with Crippen molar-refractivity contribution in [3.05, 3.63) is 66.0 Å². The fraction of sp³-hybridized carbons (Fsp3) is 0.250. The molecule has 1 aromatic carbocycles. The van der Waals surface area contributed by atoms with Crippen molar-refractivity contribution in [3.8, 4) is 0 Å². The molecule has 0 fully saturated rings. The van der Waals surface area contributed by atoms with E-state index in [2.05, 4.69) is 10.3 Å². The van der Waals surface area contributed by atoms with Crippen LogP contribution in [0.3, 0.4) is 0 Å². The molecule has 8 heteroatoms. The van der Waals surface area contributed by atoms with Gasteiger partial charge in [-0.3, -0.25) is 4.98 Å². The summed E-state index contributed by atoms with van der Waals surface area (Å²) in [7, 11) is -2.45. The summed E-state index contributed by atoms with van der Waals surface area (Å²) in [6.45, 7) is 0. The van der Waals surface area contributed by atoms with E-state index >= 15 is 4.39 Å². The van der Waals surface area contributed by atoms with Gasteiger partial charge in [0.15, 0.2) is 0 Å². The van der Waals surface area contributed by atoms with Crippen LogP contribution in [0.25, 0.3) is 16.6 Å². The van der Waals surface area contributed by atoms with Crippen molar-refractivity contribution in [3.63, 3.8) is 0 Å². The zero-order valence-corrected chi connectivity index (χ0v) is 16.0. The van der Waals surface area contributed by atoms with Crippen LogP contribution in [0.4, 0.5) is 8.78 Å². The first-order valence-corrected chi connectivity index (χ1v) is 10.4. The molecule has 1 aliphatic rings. The Morgan fingerprint density at radius 1 is 1.21 bits per heavy atom. The van der Waals surface area contributed by atoms with Crippen molar-refractivity contribution in [2.45, 2.75) is 30.2 Å². The Morgan fingerprint density at radius 3 is 2.71 bits per heavy atom. The van der Waals surface area contributed by atoms with Crippen LogP contribution in [0, 0.1) is 11.8 Å². The Balaban J connectivity index is 1.94. The topological polar surface area (TPSA) is 64.0 Å². The summed E-state index contributed by atoms with van der Waals surface area (Å²) in [5.41, 5.74) is 1.36. The zero-order valence-electron chi connectivity index (χ0n) is 15.2. The van der Waals surface area contributed by atoms with Gasteiger partial charge in [-0.15, -0.1) is 0 Å². The molecule has 1 N–H and O–H groups in total. The van der Waals surface area contributed by atoms with Crippen LogP contribution >= 0.6 is 0 Å². The summed E-state index contributed by atoms with van der Waals surface area (Å²) in [4.78, 5) is 3.93. The van der Waals surface area contributed by atoms with Gasteiger partial charge in [-0.25, -0.2) is 16.8 Å². The smallest absolute Gasteiger partial charge is 0.270 e. The fourth-order valence-corrected chi connectivity index (χ4v) is 5.07. The average Bonchev–Trinajstić information content (AvgIpc) is 3.00. The molecule has 0 amide bonds. The molecule has 4 rings (SSSR count). The maximum Gasteiger partial charge on any atom is 0.270 e. The van der Waals surface area contributed by atoms with Gasteiger partial charge < -0.3 is 5.32 Å². The highest BCUT2D eigenvalue weighted by molar-refractivity contribution is 7.90. The Morgan fingerprint density at radius 2 is 2.04 bits per heavy atom. The first-order valence-electron chi connectivity index (χ1n) is 8.96. The second kappa shape index (κ2) is 7.10. The number of pyridine rings is 1. The van der Waals surface area contributed by atoms with E-state index < -0.39 is 21.8 Å². The number of halogens is 2. The molecule has 2 heterocycles. The van der Waals surface area contributed by atoms with Gasteiger partial charge in [-0.1, -0.05) is 12.1 Å². The predicted octanol–water partition coefficient (Wildman–Crippen LogP) is 3.71. The zero-order chi connectivity index (χ0) is 19.9. The van der Waals surface area contributed by atoms with Crippen molar-refractivity contribution in [2.24, 2.45) is 0 Å². The molecule has 0 saturated carbocycles. The molecule has 1 unspecified atom stereocenters. The Kier molecular flexibility index (Phi) is 4.76. The quantitative estimate of drug-likeness (QED) is 0.721. The van der Waals surface area contributed by atoms with Crippen molar-refractivity contribution >= 4 is 26.6 Å². The number of hydrogen-bond donors (Lipinski definition) is 1. The molecule has 146 valence electrons. The van der Waals surface area contributed by atoms with Gasteiger partial charge >= 0.3 is 0 Å². The number of nitrogens with zero attached hydrogens (tertiary/aromatic N) is 2. The van der Waals surface area contributed by atoms with Crippen molar-refractivity contribution in [1.29, 1.82) is 0 Å². The Hall–Kier alpha value is -2.58. The van der Waals surface area contributed by atoms with Gasteiger partial charge in [0.25, 0.3) is 10.0 Å². The molecule has 0 radical (unpaired) electrons. The van der Waals surface area contributed by atoms with E-state index in [1.54, 1.807) is 6.07 Å². The van der Waals surface area contributed by atoms with Gasteiger partial charge in [0, 0.05) is 12.2 Å². The third-order valence-corrected chi connectivity index (χ3v) is 6.79. The molecule has 3 aromatic rings. The molecule has 0 saturated heterocycles. The third-order valence-electron chi connectivity index (χ3n) is 5.10. The Bertz CT molecular complexity index is 1190. The highest BCUT2D eigenvalue weighted by Crippen LogP contribution is 2.36. The number of aromatic nitrogens is 2. The lowest BCUT2D eigenvalue weighted by molar-refractivity contribution is 0.518. The molecule has 0 aliphatic heterocycles. The minimum Gasteiger partial charge on any atom is -0.317 e. The molecule has 1 atom stereocenters. The van der Waals surface area contributed by atoms with Gasteiger partial charge in [-0.2, -0.15) is 4.39 Å². The van der Waals surface area contributed by atoms with Crippen LogP contribution < -0.4 is 5.32 Å². The molecule has 0 spiro atoms. The van der Waals surface area contributed by atoms with Crippen molar-refractivity contribution in [1.82, 2.24) is 14.3 Å². The van der Waals surface area contributed by atoms with E-state index in [1.807, 2.05) is 13.1 Å². The molecule has 1 aliphatic carbocycles. The lowest BCUT2D eigenvalue weighted by Gasteiger charge is -2.21. The number of nitrogens with one attached hydrogen (secondary N) is 1. The van der Waals surface area contributed by atoms with Gasteiger partial charge in [0.05, 0.1) is 21.5 Å². The summed E-state index contributed by atoms with van der Waals surface area (Å²) in [5, 5.41) is 3.19. The Labute approximate surface area is 161 Å². The fourth-order valence-electron chi connectivity index (χ4n) is 3.63. The minimum absolute atomic E-state index is 0.135. The largest absolute Gasteiger partial charge is 0.317 e. The number of allylic oxidation sites excluding steroid dienone is 1. The molecule has 0 bridgehead atoms. The van der Waals surface area contributed by atoms with E-state index in [4.69, 9.17) is 0 Å². The summed E-state index contributed by atoms with van der Waals surface area (Å²) < 4.78 is 56.0. The standard InChI is InChI=1S/C20H19F2N3O2S/c1-23-15-9-7-13(8-10-15)18-19-17(6-3-11-24-19)25(20(18)22)28(26,27)16-5-2-4-14(21)12-16/h2-7,11-12,15,23H,8-10H2,1H3. The van der Waals surface area contributed by atoms with Crippen LogP contribution in [-0.4, -0.2) is 30.5 Å². The average molecular weight is 403 g/mol. The number of hydrogen-bond acceptors (Lipinski definition) is 4. The molecular weight excluding hydrogens is 384 g/mol. The van der Waals surface area contributed by atoms with E-state index in [0.29, 0.717) is 16.4 Å². The van der Waals surface area contributed by atoms with Crippen molar-refractivity contribution < 1.29 is 17.2 Å².